The van der Waals surface area contributed by atoms with Crippen LogP contribution in [0, 0.1) is 20.8 Å². The number of aromatic amines is 3. The van der Waals surface area contributed by atoms with E-state index in [-0.39, 0.29) is 97.7 Å². The van der Waals surface area contributed by atoms with Crippen LogP contribution in [-0.2, 0) is 132 Å². The van der Waals surface area contributed by atoms with E-state index in [1.165, 1.54) is 106 Å². The number of H-pyrrole nitrogens is 3. The highest BCUT2D eigenvalue weighted by Gasteiger charge is 2.59. The summed E-state index contributed by atoms with van der Waals surface area (Å²) in [6.07, 6.45) is -18.3. The zero-order valence-electron chi connectivity index (χ0n) is 69.4. The zero-order valence-corrected chi connectivity index (χ0v) is 76.5. The van der Waals surface area contributed by atoms with Crippen LogP contribution in [-0.4, -0.2) is 323 Å². The molecule has 138 heavy (non-hydrogen) atoms. The van der Waals surface area contributed by atoms with Crippen molar-refractivity contribution in [3.8, 4) is 0 Å². The monoisotopic (exact) mass is 2090 g/mol. The summed E-state index contributed by atoms with van der Waals surface area (Å²) in [5.41, 5.74) is 18.3. The summed E-state index contributed by atoms with van der Waals surface area (Å²) < 4.78 is 250. The fourth-order valence-corrected chi connectivity index (χ4v) is 22.5. The first-order valence-electron chi connectivity index (χ1n) is 39.7. The quantitative estimate of drug-likeness (QED) is 0.0468. The van der Waals surface area contributed by atoms with Gasteiger partial charge < -0.3 is 139 Å². The summed E-state index contributed by atoms with van der Waals surface area (Å²) in [6, 6.07) is 0. The molecule has 9 aliphatic heterocycles. The molecule has 57 nitrogen and oxygen atoms in total. The van der Waals surface area contributed by atoms with Gasteiger partial charge in [0.25, 0.3) is 16.7 Å². The van der Waals surface area contributed by atoms with Crippen LogP contribution >= 0.6 is 55.7 Å². The molecule has 744 valence electrons. The van der Waals surface area contributed by atoms with Crippen molar-refractivity contribution in [2.75, 3.05) is 78.2 Å². The molecular weight excluding hydrogens is 2000 g/mol. The number of nitrogens with one attached hydrogen (secondary N) is 3. The van der Waals surface area contributed by atoms with Gasteiger partial charge in [0, 0.05) is 21.3 Å². The Labute approximate surface area is 785 Å². The van der Waals surface area contributed by atoms with Crippen LogP contribution in [0.1, 0.15) is 54.8 Å². The first-order valence-corrected chi connectivity index (χ1v) is 49.4. The maximum atomic E-state index is 16.2. The number of nitrogens with zero attached hydrogens (tertiary/aromatic N) is 21. The molecule has 30 atom stereocenters. The van der Waals surface area contributed by atoms with E-state index in [4.69, 9.17) is 126 Å². The first-order chi connectivity index (χ1) is 65.6. The normalized spacial score (nSPS) is 37.2. The summed E-state index contributed by atoms with van der Waals surface area (Å²) in [5, 5.41) is 0. The van der Waals surface area contributed by atoms with Crippen molar-refractivity contribution in [2.45, 2.75) is 168 Å². The van der Waals surface area contributed by atoms with Gasteiger partial charge in [0.2, 0.25) is 0 Å². The van der Waals surface area contributed by atoms with Crippen molar-refractivity contribution in [2.24, 2.45) is 0 Å². The number of fused-ring (bicyclic) bond motifs is 15. The number of nitrogen functional groups attached to an aromatic ring is 3. The topological polar surface area (TPSA) is 699 Å². The predicted molar refractivity (Wildman–Crippen MR) is 487 cm³/mol. The number of aryl methyl sites for hydroxylation is 3. The molecule has 26 unspecified atom stereocenters. The van der Waals surface area contributed by atoms with Gasteiger partial charge in [0.15, 0.2) is 124 Å². The third kappa shape index (κ3) is 19.0. The van der Waals surface area contributed by atoms with Gasteiger partial charge in [-0.2, -0.15) is 0 Å². The number of hydrogen-bond acceptors (Lipinski definition) is 48. The SMILES string of the molecule is [BH3-][P@@]1(=O)OCC2OC(n3cnc4c(N)ncnc43)C(F)C2OP(O)(=S)OCC2OC(n3cnc4c(=O)[nH]c(C)nc43)C(O1)C2OC.[BH3-][P@]1(=O)OCC2OC(n3cnc4c(=O)[nH]c(C)nc43)C(O[P@@]([BH3-])(=O)OCC3OC(n4cnc5c(N)ncnc54)C(F)C3O1)C2OC.[BH3-][P@]1(=O)OCC2OC(n3cnc4c(N)ncnc43)C(F)C2OP(=O)(S)OCC2OC(n3cnc4c(=O)[nH]c(C)nc43)C(O1)C2OC. The molecule has 0 amide bonds. The summed E-state index contributed by atoms with van der Waals surface area (Å²) in [7, 11) is -15.6. The van der Waals surface area contributed by atoms with E-state index in [0.717, 1.165) is 0 Å². The number of halogens is 3. The number of imidazole rings is 6. The van der Waals surface area contributed by atoms with Crippen LogP contribution in [0.4, 0.5) is 30.6 Å². The van der Waals surface area contributed by atoms with Crippen LogP contribution in [0.25, 0.3) is 67.0 Å². The second kappa shape index (κ2) is 37.9. The van der Waals surface area contributed by atoms with Crippen LogP contribution < -0.4 is 33.9 Å². The van der Waals surface area contributed by atoms with Gasteiger partial charge in [-0.3, -0.25) is 55.4 Å². The molecule has 21 heterocycles. The molecule has 10 N–H and O–H groups in total. The van der Waals surface area contributed by atoms with Crippen molar-refractivity contribution < 1.29 is 138 Å². The Morgan fingerprint density at radius 2 is 0.630 bits per heavy atom. The lowest BCUT2D eigenvalue weighted by Crippen LogP contribution is -2.37. The van der Waals surface area contributed by atoms with Crippen molar-refractivity contribution in [3.63, 3.8) is 0 Å². The molecule has 9 saturated heterocycles. The van der Waals surface area contributed by atoms with E-state index in [9.17, 15) is 42.1 Å². The van der Waals surface area contributed by atoms with Gasteiger partial charge in [0.05, 0.1) is 108 Å². The summed E-state index contributed by atoms with van der Waals surface area (Å²) in [6.45, 7) is -6.07. The Morgan fingerprint density at radius 3 is 0.942 bits per heavy atom. The molecule has 0 saturated carbocycles. The first kappa shape index (κ1) is 98.2. The number of anilines is 3. The van der Waals surface area contributed by atoms with E-state index in [1.54, 1.807) is 20.8 Å². The zero-order chi connectivity index (χ0) is 97.6. The van der Waals surface area contributed by atoms with Crippen LogP contribution in [0.15, 0.2) is 71.3 Å². The maximum Gasteiger partial charge on any atom is 0.386 e. The predicted octanol–water partition coefficient (Wildman–Crippen LogP) is -1.41. The molecule has 0 aromatic carbocycles. The second-order valence-corrected chi connectivity index (χ2v) is 39.9. The average molecular weight is 2090 g/mol. The van der Waals surface area contributed by atoms with E-state index in [1.807, 2.05) is 0 Å². The molecule has 12 aromatic heterocycles. The van der Waals surface area contributed by atoms with Gasteiger partial charge in [-0.1, -0.05) is 12.2 Å². The lowest BCUT2D eigenvalue weighted by molar-refractivity contribution is -0.0594. The molecule has 9 fully saturated rings. The maximum absolute atomic E-state index is 16.2. The highest BCUT2D eigenvalue weighted by Crippen LogP contribution is 2.61. The minimum atomic E-state index is -4.31. The number of thiol groups is 1. The summed E-state index contributed by atoms with van der Waals surface area (Å²) in [4.78, 5) is 119. The number of aromatic nitrogens is 24. The molecule has 12 aromatic rings. The largest absolute Gasteiger partial charge is 0.386 e. The molecule has 72 heteroatoms. The van der Waals surface area contributed by atoms with Gasteiger partial charge in [-0.05, 0) is 32.6 Å². The van der Waals surface area contributed by atoms with E-state index in [2.05, 4.69) is 102 Å². The minimum absolute atomic E-state index is 0.0432. The number of hydrogen-bond donors (Lipinski definition) is 8. The minimum Gasteiger partial charge on any atom is -0.382 e. The highest BCUT2D eigenvalue weighted by atomic mass is 32.7. The average Bonchev–Trinajstić information content (AvgIpc) is 1.61. The lowest BCUT2D eigenvalue weighted by Gasteiger charge is -2.31. The third-order valence-corrected chi connectivity index (χ3v) is 28.7. The Kier molecular flexibility index (Phi) is 27.0. The van der Waals surface area contributed by atoms with Crippen LogP contribution in [0.3, 0.4) is 0 Å². The molecule has 21 rings (SSSR count). The van der Waals surface area contributed by atoms with E-state index >= 15 is 13.2 Å². The Morgan fingerprint density at radius 1 is 0.377 bits per heavy atom. The number of ether oxygens (including phenoxy) is 9. The number of alkyl halides is 3. The van der Waals surface area contributed by atoms with Crippen molar-refractivity contribution >= 4 is 182 Å². The lowest BCUT2D eigenvalue weighted by atomic mass is 10.1. The van der Waals surface area contributed by atoms with Gasteiger partial charge in [0.1, 0.15) is 174 Å². The van der Waals surface area contributed by atoms with E-state index in [0.29, 0.717) is 17.5 Å². The fourth-order valence-electron chi connectivity index (χ4n) is 16.5. The molecule has 0 aliphatic carbocycles. The van der Waals surface area contributed by atoms with Crippen molar-refractivity contribution in [1.82, 2.24) is 117 Å². The third-order valence-electron chi connectivity index (χ3n) is 22.5. The molecule has 6 bridgehead atoms. The molecule has 0 spiro atoms. The molecule has 0 radical (unpaired) electrons. The number of methoxy groups -OCH3 is 3. The summed E-state index contributed by atoms with van der Waals surface area (Å²) >= 11 is 9.38. The van der Waals surface area contributed by atoms with Gasteiger partial charge in [-0.25, -0.2) is 92.5 Å². The van der Waals surface area contributed by atoms with Crippen LogP contribution in [0.5, 0.6) is 0 Å². The van der Waals surface area contributed by atoms with Crippen LogP contribution in [0.2, 0.25) is 0 Å². The summed E-state index contributed by atoms with van der Waals surface area (Å²) in [5.74, 6) is 1.27. The van der Waals surface area contributed by atoms with Gasteiger partial charge >= 0.3 is 13.5 Å². The Bertz CT molecular complexity index is 6560. The second-order valence-electron chi connectivity index (χ2n) is 30.5. The smallest absolute Gasteiger partial charge is 0.382 e. The standard InChI is InChI=1S/C22H30B2FN9O10P2.2C22H28BFN9O10P2S/c1-8-31-19-13(20(35)32-8)30-7-34(19)22-16-15(38-2)10(42-22)4-40-45(23,36)43-14-9(3-39-46(24,37)44-16)41-21(11(14)25)33-6-29-12-17(26)27-5-28-18(12)33;2*1-8-30-19-13(20(34)31-8)29-7-33(19)22-16-15(37-2)10(41-22)4-39-45(36,46)43-14-9(3-38-44(23,35)42-16)40-21(11(14)24)32-6-28-12-17(25)26-5-27-18(12)32/h5-7,9-11,14-16,21-22H,3-4H2,1-2,23-24H3,(H2,26,27,28)(H,31,32,35);2*5-7,9-11,14-16,21-22H,3-4H2,1-2,23H3,(H,36,46)(H2,25,26,27)(H,30,31,34)/q-2;2*-1/t9?,10?,11?,14?,15?,16?,21?,22?,45-,46-;2*9?,10?,11?,14?,15?,16?,21?,22?,44-,45?/m010/s1. The van der Waals surface area contributed by atoms with Crippen molar-refractivity contribution in [1.29, 1.82) is 0 Å². The Hall–Kier alpha value is -8.58. The fraction of sp³-hybridized carbons (Fsp3) is 0.545. The Balaban J connectivity index is 0.000000132. The molecule has 9 aliphatic rings. The van der Waals surface area contributed by atoms with E-state index < -0.39 is 264 Å². The highest BCUT2D eigenvalue weighted by molar-refractivity contribution is 8.44. The number of rotatable bonds is 9. The van der Waals surface area contributed by atoms with Crippen molar-refractivity contribution in [3.05, 3.63) is 105 Å². The number of nitrogens with two attached hydrogens (primary N) is 3. The molecular formula is C66H86B4F3N27O30P6S2-4. The van der Waals surface area contributed by atoms with Gasteiger partial charge in [-0.15, -0.1) is 0 Å².